The highest BCUT2D eigenvalue weighted by atomic mass is 14.4. The summed E-state index contributed by atoms with van der Waals surface area (Å²) in [5.74, 6) is 0. The molecule has 10 rings (SSSR count). The van der Waals surface area contributed by atoms with Crippen LogP contribution in [0.5, 0.6) is 0 Å². The van der Waals surface area contributed by atoms with E-state index in [1.54, 1.807) is 0 Å². The molecule has 0 heteroatoms. The largest absolute Gasteiger partial charge is 0.0991 e. The molecule has 10 aromatic rings. The Hall–Kier alpha value is -8.58. The molecule has 0 saturated heterocycles. The van der Waals surface area contributed by atoms with Crippen LogP contribution in [0.3, 0.4) is 0 Å². The average molecular weight is 1400 g/mol. The quantitative estimate of drug-likeness (QED) is 0.107. The molecule has 106 heavy (non-hydrogen) atoms. The Morgan fingerprint density at radius 2 is 0.500 bits per heavy atom. The molecule has 0 bridgehead atoms. The van der Waals surface area contributed by atoms with Crippen molar-refractivity contribution >= 4 is 6.08 Å². The fourth-order valence-electron chi connectivity index (χ4n) is 15.7. The molecule has 0 heterocycles. The van der Waals surface area contributed by atoms with Gasteiger partial charge in [-0.1, -0.05) is 396 Å². The maximum Gasteiger partial charge on any atom is -0.00521 e. The van der Waals surface area contributed by atoms with Gasteiger partial charge in [-0.3, -0.25) is 0 Å². The minimum absolute atomic E-state index is 0.130. The Balaban J connectivity index is 1.63. The Bertz CT molecular complexity index is 4850. The molecule has 0 N–H and O–H groups in total. The second-order valence-electron chi connectivity index (χ2n) is 40.9. The Morgan fingerprint density at radius 1 is 0.245 bits per heavy atom. The first-order chi connectivity index (χ1) is 48.9. The summed E-state index contributed by atoms with van der Waals surface area (Å²) < 4.78 is 0. The van der Waals surface area contributed by atoms with Crippen molar-refractivity contribution in [2.75, 3.05) is 0 Å². The van der Waals surface area contributed by atoms with Gasteiger partial charge < -0.3 is 0 Å². The summed E-state index contributed by atoms with van der Waals surface area (Å²) in [5.41, 5.74) is 33.9. The molecule has 0 spiro atoms. The van der Waals surface area contributed by atoms with Gasteiger partial charge in [0.25, 0.3) is 0 Å². The van der Waals surface area contributed by atoms with Crippen LogP contribution in [-0.2, 0) is 48.7 Å². The summed E-state index contributed by atoms with van der Waals surface area (Å²) in [7, 11) is 0. The minimum Gasteiger partial charge on any atom is -0.0991 e. The van der Waals surface area contributed by atoms with E-state index in [2.05, 4.69) is 427 Å². The summed E-state index contributed by atoms with van der Waals surface area (Å²) in [6.07, 6.45) is 8.75. The summed E-state index contributed by atoms with van der Waals surface area (Å²) in [6.45, 7) is 76.1. The van der Waals surface area contributed by atoms with E-state index in [1.165, 1.54) is 156 Å². The van der Waals surface area contributed by atoms with Crippen LogP contribution >= 0.6 is 0 Å². The SMILES string of the molecule is C=C/C=C\C(=C\c1cc(-c2ccccc2C(C)(C)C)cc(-c2c(-c3ccccc3-c3cc(C(C)(C)C)cc(C(C)(C)C)c3)c(C(C)(C)C)c(-c3cc(-c4ccccc4C(C)(C)C)cc(-c4ccccc4C(C)(C)C)c3)c(-c3ccccc3-c3cc(C(C)(C)C)cc(C(C)(C)C)c3)c2C(C)(C)C)c1)C(C)(C)C. The Labute approximate surface area is 644 Å². The molecule has 0 atom stereocenters. The lowest BCUT2D eigenvalue weighted by Crippen LogP contribution is -2.22. The highest BCUT2D eigenvalue weighted by molar-refractivity contribution is 6.08. The maximum atomic E-state index is 4.19. The van der Waals surface area contributed by atoms with Gasteiger partial charge in [0.05, 0.1) is 0 Å². The van der Waals surface area contributed by atoms with Crippen molar-refractivity contribution in [3.63, 3.8) is 0 Å². The monoisotopic (exact) mass is 1400 g/mol. The minimum atomic E-state index is -0.529. The van der Waals surface area contributed by atoms with Gasteiger partial charge in [0.2, 0.25) is 0 Å². The van der Waals surface area contributed by atoms with Gasteiger partial charge in [-0.2, -0.15) is 0 Å². The normalized spacial score (nSPS) is 13.4. The van der Waals surface area contributed by atoms with Gasteiger partial charge in [0.15, 0.2) is 0 Å². The second kappa shape index (κ2) is 28.9. The van der Waals surface area contributed by atoms with Crippen molar-refractivity contribution in [3.05, 3.63) is 280 Å². The van der Waals surface area contributed by atoms with Crippen molar-refractivity contribution in [1.29, 1.82) is 0 Å². The fourth-order valence-corrected chi connectivity index (χ4v) is 15.7. The number of allylic oxidation sites excluding steroid dienone is 4. The standard InChI is InChI=1S/C106H128/c1-32-33-44-76(97(2,3)4)57-68-55-69(83-47-38-41-52-88(83)102(17,18)19)59-74(56-68)91-93(86-50-36-34-45-81(86)72-62-77(98(5,6)7)66-78(63-72)99(8,9)10)96(106(29,30)31)92(75-60-70(84-48-39-42-53-89(84)103(20,21)22)58-71(61-75)85-49-40-43-54-90(85)104(23,24)25)94(95(91)105(26,27)28)87-51-37-35-46-82(87)73-64-79(100(11,12)13)67-80(65-73)101(14,15)16/h32-67H,1H2,2-31H3/b44-33-,76-57-. The predicted octanol–water partition coefficient (Wildman–Crippen LogP) is 31.5. The molecule has 0 aliphatic carbocycles. The lowest BCUT2D eigenvalue weighted by Gasteiger charge is -2.38. The van der Waals surface area contributed by atoms with Gasteiger partial charge in [-0.25, -0.2) is 0 Å². The van der Waals surface area contributed by atoms with Gasteiger partial charge in [-0.15, -0.1) is 0 Å². The zero-order valence-corrected chi connectivity index (χ0v) is 71.0. The van der Waals surface area contributed by atoms with Crippen molar-refractivity contribution in [3.8, 4) is 100 Å². The average Bonchev–Trinajstić information content (AvgIpc) is 0.698. The summed E-state index contributed by atoms with van der Waals surface area (Å²) >= 11 is 0. The van der Waals surface area contributed by atoms with E-state index in [0.29, 0.717) is 0 Å². The van der Waals surface area contributed by atoms with E-state index < -0.39 is 10.8 Å². The number of rotatable bonds is 12. The van der Waals surface area contributed by atoms with E-state index in [-0.39, 0.29) is 43.3 Å². The van der Waals surface area contributed by atoms with Crippen molar-refractivity contribution in [1.82, 2.24) is 0 Å². The third-order valence-corrected chi connectivity index (χ3v) is 21.5. The summed E-state index contributed by atoms with van der Waals surface area (Å²) in [4.78, 5) is 0. The maximum absolute atomic E-state index is 4.19. The molecule has 0 fully saturated rings. The fraction of sp³-hybridized carbons (Fsp3) is 0.377. The summed E-state index contributed by atoms with van der Waals surface area (Å²) in [5, 5.41) is 0. The molecular formula is C106H128. The molecule has 0 nitrogen and oxygen atoms in total. The third-order valence-electron chi connectivity index (χ3n) is 21.5. The molecule has 0 amide bonds. The van der Waals surface area contributed by atoms with Crippen LogP contribution in [0, 0.1) is 5.41 Å². The van der Waals surface area contributed by atoms with Gasteiger partial charge in [-0.05, 0) is 252 Å². The molecule has 0 unspecified atom stereocenters. The zero-order chi connectivity index (χ0) is 78.2. The van der Waals surface area contributed by atoms with Crippen molar-refractivity contribution < 1.29 is 0 Å². The van der Waals surface area contributed by atoms with Crippen molar-refractivity contribution in [2.45, 2.75) is 256 Å². The Morgan fingerprint density at radius 3 is 0.783 bits per heavy atom. The number of hydrogen-bond acceptors (Lipinski definition) is 0. The van der Waals surface area contributed by atoms with E-state index in [9.17, 15) is 0 Å². The van der Waals surface area contributed by atoms with Crippen LogP contribution in [0.2, 0.25) is 0 Å². The Kier molecular flexibility index (Phi) is 21.8. The van der Waals surface area contributed by atoms with Crippen LogP contribution in [0.4, 0.5) is 0 Å². The third kappa shape index (κ3) is 17.2. The molecule has 0 radical (unpaired) electrons. The van der Waals surface area contributed by atoms with E-state index in [4.69, 9.17) is 0 Å². The first-order valence-corrected chi connectivity index (χ1v) is 39.3. The highest BCUT2D eigenvalue weighted by Gasteiger charge is 2.39. The molecule has 0 aromatic heterocycles. The van der Waals surface area contributed by atoms with Crippen LogP contribution in [0.15, 0.2) is 225 Å². The van der Waals surface area contributed by atoms with Crippen LogP contribution < -0.4 is 0 Å². The molecule has 0 saturated carbocycles. The molecule has 0 aliphatic rings. The van der Waals surface area contributed by atoms with Crippen LogP contribution in [0.25, 0.3) is 106 Å². The van der Waals surface area contributed by atoms with Crippen LogP contribution in [0.1, 0.15) is 263 Å². The molecule has 10 aromatic carbocycles. The molecule has 0 aliphatic heterocycles. The van der Waals surface area contributed by atoms with E-state index in [0.717, 1.165) is 5.56 Å². The van der Waals surface area contributed by atoms with Crippen LogP contribution in [-0.4, -0.2) is 0 Å². The van der Waals surface area contributed by atoms with Gasteiger partial charge in [0, 0.05) is 0 Å². The highest BCUT2D eigenvalue weighted by Crippen LogP contribution is 2.59. The first-order valence-electron chi connectivity index (χ1n) is 39.3. The second-order valence-corrected chi connectivity index (χ2v) is 40.9. The van der Waals surface area contributed by atoms with Gasteiger partial charge >= 0.3 is 0 Å². The van der Waals surface area contributed by atoms with E-state index >= 15 is 0 Å². The van der Waals surface area contributed by atoms with Crippen molar-refractivity contribution in [2.24, 2.45) is 5.41 Å². The number of benzene rings is 10. The van der Waals surface area contributed by atoms with E-state index in [1.807, 2.05) is 6.08 Å². The summed E-state index contributed by atoms with van der Waals surface area (Å²) in [6, 6.07) is 77.1. The number of hydrogen-bond donors (Lipinski definition) is 0. The smallest absolute Gasteiger partial charge is 0.00521 e. The molecule has 552 valence electrons. The lowest BCUT2D eigenvalue weighted by atomic mass is 9.65. The lowest BCUT2D eigenvalue weighted by molar-refractivity contribution is 0.520. The molecular weight excluding hydrogens is 1270 g/mol. The zero-order valence-electron chi connectivity index (χ0n) is 71.0. The first kappa shape index (κ1) is 80.0. The predicted molar refractivity (Wildman–Crippen MR) is 470 cm³/mol. The topological polar surface area (TPSA) is 0 Å². The van der Waals surface area contributed by atoms with Gasteiger partial charge in [0.1, 0.15) is 0 Å².